The van der Waals surface area contributed by atoms with Crippen LogP contribution in [-0.4, -0.2) is 52.5 Å². The molecule has 2 rings (SSSR count). The van der Waals surface area contributed by atoms with Crippen LogP contribution in [0.1, 0.15) is 35.4 Å². The molecule has 1 fully saturated rings. The van der Waals surface area contributed by atoms with E-state index in [1.165, 1.54) is 18.0 Å². The molecule has 0 aromatic carbocycles. The first-order valence-corrected chi connectivity index (χ1v) is 7.41. The Morgan fingerprint density at radius 3 is 2.75 bits per heavy atom. The molecule has 1 saturated heterocycles. The fourth-order valence-corrected chi connectivity index (χ4v) is 2.69. The van der Waals surface area contributed by atoms with Gasteiger partial charge in [0.25, 0.3) is 5.91 Å². The molecule has 0 aliphatic carbocycles. The number of hydrogen-bond acceptors (Lipinski definition) is 4. The first-order chi connectivity index (χ1) is 11.1. The third-order valence-corrected chi connectivity index (χ3v) is 3.87. The van der Waals surface area contributed by atoms with Crippen molar-refractivity contribution in [1.82, 2.24) is 15.2 Å². The van der Waals surface area contributed by atoms with Gasteiger partial charge in [0, 0.05) is 13.6 Å². The van der Waals surface area contributed by atoms with Crippen LogP contribution in [0, 0.1) is 0 Å². The van der Waals surface area contributed by atoms with Crippen molar-refractivity contribution in [3.8, 4) is 0 Å². The van der Waals surface area contributed by atoms with Crippen molar-refractivity contribution in [2.45, 2.75) is 31.0 Å². The van der Waals surface area contributed by atoms with E-state index in [9.17, 15) is 27.9 Å². The van der Waals surface area contributed by atoms with E-state index in [2.05, 4.69) is 10.3 Å². The molecule has 2 N–H and O–H groups in total. The number of halogens is 3. The molecule has 0 bridgehead atoms. The zero-order valence-corrected chi connectivity index (χ0v) is 13.1. The van der Waals surface area contributed by atoms with Gasteiger partial charge < -0.3 is 15.3 Å². The molecule has 1 aliphatic heterocycles. The summed E-state index contributed by atoms with van der Waals surface area (Å²) in [4.78, 5) is 28.5. The number of aromatic nitrogens is 1. The van der Waals surface area contributed by atoms with Gasteiger partial charge in [-0.3, -0.25) is 9.59 Å². The van der Waals surface area contributed by atoms with Crippen molar-refractivity contribution in [2.75, 3.05) is 20.1 Å². The number of piperidine rings is 1. The molecule has 6 nitrogen and oxygen atoms in total. The summed E-state index contributed by atoms with van der Waals surface area (Å²) in [7, 11) is 1.43. The highest BCUT2D eigenvalue weighted by atomic mass is 19.4. The maximum absolute atomic E-state index is 12.7. The van der Waals surface area contributed by atoms with Crippen LogP contribution < -0.4 is 5.32 Å². The Bertz CT molecular complexity index is 636. The topological polar surface area (TPSA) is 82.5 Å². The number of alkyl halides is 3. The predicted octanol–water partition coefficient (Wildman–Crippen LogP) is 1.20. The standard InChI is InChI=1S/C15H18F3N3O3/c1-19-12(22)8-14(24)6-3-7-21(9-14)13(23)10-4-2-5-11(20-10)15(16,17)18/h2,4-5,24H,3,6-9H2,1H3,(H,19,22). The molecule has 0 radical (unpaired) electrons. The number of carbonyl (C=O) groups is 2. The normalized spacial score (nSPS) is 21.5. The SMILES string of the molecule is CNC(=O)CC1(O)CCCN(C(=O)c2cccc(C(F)(F)F)n2)C1. The monoisotopic (exact) mass is 345 g/mol. The van der Waals surface area contributed by atoms with Crippen LogP contribution >= 0.6 is 0 Å². The van der Waals surface area contributed by atoms with Crippen molar-refractivity contribution >= 4 is 11.8 Å². The van der Waals surface area contributed by atoms with E-state index >= 15 is 0 Å². The Balaban J connectivity index is 2.16. The Kier molecular flexibility index (Phi) is 5.12. The highest BCUT2D eigenvalue weighted by Crippen LogP contribution is 2.28. The highest BCUT2D eigenvalue weighted by molar-refractivity contribution is 5.92. The van der Waals surface area contributed by atoms with E-state index in [1.807, 2.05) is 0 Å². The van der Waals surface area contributed by atoms with E-state index < -0.39 is 23.4 Å². The Labute approximate surface area is 136 Å². The van der Waals surface area contributed by atoms with E-state index in [4.69, 9.17) is 0 Å². The second-order valence-electron chi connectivity index (χ2n) is 5.81. The molecule has 132 valence electrons. The number of pyridine rings is 1. The van der Waals surface area contributed by atoms with Crippen LogP contribution in [0.4, 0.5) is 13.2 Å². The second-order valence-corrected chi connectivity index (χ2v) is 5.81. The molecule has 1 atom stereocenters. The third kappa shape index (κ3) is 4.22. The molecule has 1 aromatic rings. The Morgan fingerprint density at radius 2 is 2.12 bits per heavy atom. The zero-order chi connectivity index (χ0) is 18.0. The van der Waals surface area contributed by atoms with Gasteiger partial charge in [-0.15, -0.1) is 0 Å². The summed E-state index contributed by atoms with van der Waals surface area (Å²) in [6, 6.07) is 3.10. The summed E-state index contributed by atoms with van der Waals surface area (Å²) < 4.78 is 38.1. The van der Waals surface area contributed by atoms with Gasteiger partial charge >= 0.3 is 6.18 Å². The van der Waals surface area contributed by atoms with Crippen LogP contribution in [0.25, 0.3) is 0 Å². The van der Waals surface area contributed by atoms with Crippen molar-refractivity contribution in [1.29, 1.82) is 0 Å². The fraction of sp³-hybridized carbons (Fsp3) is 0.533. The minimum absolute atomic E-state index is 0.128. The highest BCUT2D eigenvalue weighted by Gasteiger charge is 2.38. The van der Waals surface area contributed by atoms with Crippen LogP contribution in [0.2, 0.25) is 0 Å². The summed E-state index contributed by atoms with van der Waals surface area (Å²) in [6.45, 7) is 0.157. The number of hydrogen-bond donors (Lipinski definition) is 2. The quantitative estimate of drug-likeness (QED) is 0.863. The van der Waals surface area contributed by atoms with Crippen molar-refractivity contribution in [2.24, 2.45) is 0 Å². The number of rotatable bonds is 3. The number of carbonyl (C=O) groups excluding carboxylic acids is 2. The molecule has 9 heteroatoms. The molecular weight excluding hydrogens is 327 g/mol. The number of nitrogens with zero attached hydrogens (tertiary/aromatic N) is 2. The van der Waals surface area contributed by atoms with Crippen molar-refractivity contribution < 1.29 is 27.9 Å². The minimum atomic E-state index is -4.64. The number of nitrogens with one attached hydrogen (secondary N) is 1. The maximum atomic E-state index is 12.7. The molecule has 0 spiro atoms. The first kappa shape index (κ1) is 18.2. The lowest BCUT2D eigenvalue weighted by atomic mass is 9.89. The number of β-amino-alcohol motifs (C(OH)–C–C–N with tert-alkyl or cyclic N) is 1. The molecule has 24 heavy (non-hydrogen) atoms. The van der Waals surface area contributed by atoms with Crippen LogP contribution in [-0.2, 0) is 11.0 Å². The van der Waals surface area contributed by atoms with Crippen molar-refractivity contribution in [3.05, 3.63) is 29.6 Å². The Hall–Kier alpha value is -2.16. The average molecular weight is 345 g/mol. The van der Waals surface area contributed by atoms with Gasteiger partial charge in [0.05, 0.1) is 18.6 Å². The van der Waals surface area contributed by atoms with E-state index in [1.54, 1.807) is 0 Å². The smallest absolute Gasteiger partial charge is 0.388 e. The number of aliphatic hydroxyl groups is 1. The first-order valence-electron chi connectivity index (χ1n) is 7.41. The maximum Gasteiger partial charge on any atom is 0.433 e. The number of likely N-dealkylation sites (tertiary alicyclic amines) is 1. The third-order valence-electron chi connectivity index (χ3n) is 3.87. The molecule has 2 amide bonds. The average Bonchev–Trinajstić information content (AvgIpc) is 2.53. The molecule has 1 unspecified atom stereocenters. The molecule has 1 aliphatic rings. The predicted molar refractivity (Wildman–Crippen MR) is 78.0 cm³/mol. The summed E-state index contributed by atoms with van der Waals surface area (Å²) in [5.74, 6) is -1.07. The fourth-order valence-electron chi connectivity index (χ4n) is 2.69. The van der Waals surface area contributed by atoms with E-state index in [0.29, 0.717) is 12.8 Å². The summed E-state index contributed by atoms with van der Waals surface area (Å²) >= 11 is 0. The molecule has 2 heterocycles. The van der Waals surface area contributed by atoms with E-state index in [0.717, 1.165) is 12.1 Å². The van der Waals surface area contributed by atoms with E-state index in [-0.39, 0.29) is 31.1 Å². The summed E-state index contributed by atoms with van der Waals surface area (Å²) in [5.41, 5.74) is -2.88. The van der Waals surface area contributed by atoms with Gasteiger partial charge in [0.15, 0.2) is 0 Å². The molecular formula is C15H18F3N3O3. The lowest BCUT2D eigenvalue weighted by Gasteiger charge is -2.38. The number of amides is 2. The minimum Gasteiger partial charge on any atom is -0.388 e. The zero-order valence-electron chi connectivity index (χ0n) is 13.1. The van der Waals surface area contributed by atoms with Gasteiger partial charge in [-0.05, 0) is 25.0 Å². The van der Waals surface area contributed by atoms with Gasteiger partial charge in [-0.1, -0.05) is 6.07 Å². The summed E-state index contributed by atoms with van der Waals surface area (Å²) in [5, 5.41) is 12.9. The van der Waals surface area contributed by atoms with Crippen LogP contribution in [0.5, 0.6) is 0 Å². The van der Waals surface area contributed by atoms with Gasteiger partial charge in [-0.25, -0.2) is 4.98 Å². The lowest BCUT2D eigenvalue weighted by molar-refractivity contribution is -0.141. The Morgan fingerprint density at radius 1 is 1.42 bits per heavy atom. The lowest BCUT2D eigenvalue weighted by Crippen LogP contribution is -2.52. The van der Waals surface area contributed by atoms with Crippen LogP contribution in [0.15, 0.2) is 18.2 Å². The summed E-state index contributed by atoms with van der Waals surface area (Å²) in [6.07, 6.45) is -4.04. The van der Waals surface area contributed by atoms with Crippen molar-refractivity contribution in [3.63, 3.8) is 0 Å². The molecule has 1 aromatic heterocycles. The largest absolute Gasteiger partial charge is 0.433 e. The van der Waals surface area contributed by atoms with Gasteiger partial charge in [0.1, 0.15) is 11.4 Å². The molecule has 0 saturated carbocycles. The van der Waals surface area contributed by atoms with Gasteiger partial charge in [-0.2, -0.15) is 13.2 Å². The second kappa shape index (κ2) is 6.76. The van der Waals surface area contributed by atoms with Gasteiger partial charge in [0.2, 0.25) is 5.91 Å². The van der Waals surface area contributed by atoms with Crippen LogP contribution in [0.3, 0.4) is 0 Å².